The van der Waals surface area contributed by atoms with Crippen LogP contribution in [-0.2, 0) is 0 Å². The van der Waals surface area contributed by atoms with Crippen molar-refractivity contribution in [1.29, 1.82) is 0 Å². The molecule has 0 spiro atoms. The van der Waals surface area contributed by atoms with Crippen LogP contribution in [0.1, 0.15) is 133 Å². The van der Waals surface area contributed by atoms with Gasteiger partial charge in [0, 0.05) is 5.25 Å². The molecule has 0 aromatic heterocycles. The van der Waals surface area contributed by atoms with E-state index in [4.69, 9.17) is 12.6 Å². The first-order valence-corrected chi connectivity index (χ1v) is 12.5. The zero-order valence-electron chi connectivity index (χ0n) is 18.1. The van der Waals surface area contributed by atoms with E-state index in [1.165, 1.54) is 115 Å². The number of hydrogen-bond acceptors (Lipinski definition) is 0. The first-order valence-electron chi connectivity index (χ1n) is 12.1. The van der Waals surface area contributed by atoms with Crippen LogP contribution in [0.2, 0.25) is 0 Å². The van der Waals surface area contributed by atoms with Gasteiger partial charge in [0.05, 0.1) is 0 Å². The summed E-state index contributed by atoms with van der Waals surface area (Å²) in [5.74, 6) is 0. The van der Waals surface area contributed by atoms with Gasteiger partial charge in [-0.1, -0.05) is 159 Å². The summed E-state index contributed by atoms with van der Waals surface area (Å²) in [7, 11) is 0. The molecule has 0 saturated carbocycles. The smallest absolute Gasteiger partial charge is 0.0401 e. The van der Waals surface area contributed by atoms with Crippen molar-refractivity contribution in [2.75, 3.05) is 0 Å². The lowest BCUT2D eigenvalue weighted by molar-refractivity contribution is 0.525. The second-order valence-corrected chi connectivity index (χ2v) is 8.91. The monoisotopic (exact) mass is 389 g/mol. The van der Waals surface area contributed by atoms with Gasteiger partial charge in [-0.15, -0.1) is 0 Å². The lowest BCUT2D eigenvalue weighted by Gasteiger charge is -2.09. The Hall–Kier alpha value is -0.430. The molecule has 1 atom stereocenters. The Kier molecular flexibility index (Phi) is 17.2. The van der Waals surface area contributed by atoms with E-state index in [9.17, 15) is 0 Å². The summed E-state index contributed by atoms with van der Waals surface area (Å²) in [6.07, 6.45) is 25.5. The molecule has 0 bridgehead atoms. The van der Waals surface area contributed by atoms with Crippen LogP contribution in [0.15, 0.2) is 30.3 Å². The third kappa shape index (κ3) is 15.2. The summed E-state index contributed by atoms with van der Waals surface area (Å²) in [6, 6.07) is 10.6. The summed E-state index contributed by atoms with van der Waals surface area (Å²) >= 11 is 5.61. The molecule has 0 aliphatic carbocycles. The van der Waals surface area contributed by atoms with Crippen molar-refractivity contribution < 1.29 is 0 Å². The van der Waals surface area contributed by atoms with Crippen LogP contribution in [0.4, 0.5) is 0 Å². The summed E-state index contributed by atoms with van der Waals surface area (Å²) in [6.45, 7) is 2.30. The first-order chi connectivity index (χ1) is 13.3. The van der Waals surface area contributed by atoms with Gasteiger partial charge in [0.2, 0.25) is 0 Å². The van der Waals surface area contributed by atoms with Gasteiger partial charge in [-0.25, -0.2) is 0 Å². The van der Waals surface area contributed by atoms with E-state index in [-0.39, 0.29) is 0 Å². The quantitative estimate of drug-likeness (QED) is 0.206. The second kappa shape index (κ2) is 18.9. The average Bonchev–Trinajstić information content (AvgIpc) is 2.70. The van der Waals surface area contributed by atoms with Crippen LogP contribution in [0.25, 0.3) is 0 Å². The first kappa shape index (κ1) is 24.6. The molecule has 1 unspecified atom stereocenters. The van der Waals surface area contributed by atoms with Crippen molar-refractivity contribution in [3.63, 3.8) is 0 Å². The Labute approximate surface area is 176 Å². The standard InChI is InChI=1S/C26H45S/c1-2-3-4-5-6-7-8-9-10-11-12-13-14-15-16-17-21-24-26(27)25-22-19-18-20-23-25/h18-20,22-23,26H,2-17,21,24H2,1H3. The zero-order chi connectivity index (χ0) is 19.4. The molecule has 1 aromatic rings. The van der Waals surface area contributed by atoms with Crippen LogP contribution < -0.4 is 0 Å². The normalized spacial score (nSPS) is 12.4. The predicted molar refractivity (Wildman–Crippen MR) is 126 cm³/mol. The fourth-order valence-electron chi connectivity index (χ4n) is 3.89. The van der Waals surface area contributed by atoms with Crippen molar-refractivity contribution in [1.82, 2.24) is 0 Å². The lowest BCUT2D eigenvalue weighted by Crippen LogP contribution is -1.90. The number of rotatable bonds is 19. The minimum Gasteiger partial charge on any atom is -0.0853 e. The Bertz CT molecular complexity index is 400. The molecule has 0 fully saturated rings. The maximum Gasteiger partial charge on any atom is 0.0401 e. The van der Waals surface area contributed by atoms with E-state index >= 15 is 0 Å². The number of hydrogen-bond donors (Lipinski definition) is 0. The van der Waals surface area contributed by atoms with Crippen LogP contribution in [-0.4, -0.2) is 0 Å². The summed E-state index contributed by atoms with van der Waals surface area (Å²) in [4.78, 5) is 0. The summed E-state index contributed by atoms with van der Waals surface area (Å²) < 4.78 is 0. The van der Waals surface area contributed by atoms with Gasteiger partial charge < -0.3 is 0 Å². The fraction of sp³-hybridized carbons (Fsp3) is 0.769. The third-order valence-electron chi connectivity index (χ3n) is 5.74. The van der Waals surface area contributed by atoms with Gasteiger partial charge in [-0.2, -0.15) is 0 Å². The Morgan fingerprint density at radius 1 is 0.556 bits per heavy atom. The fourth-order valence-corrected chi connectivity index (χ4v) is 4.21. The maximum absolute atomic E-state index is 5.61. The maximum atomic E-state index is 5.61. The second-order valence-electron chi connectivity index (χ2n) is 8.34. The summed E-state index contributed by atoms with van der Waals surface area (Å²) in [5.41, 5.74) is 1.32. The molecule has 0 saturated heterocycles. The predicted octanol–water partition coefficient (Wildman–Crippen LogP) is 9.97. The van der Waals surface area contributed by atoms with Crippen LogP contribution in [0, 0.1) is 0 Å². The van der Waals surface area contributed by atoms with Crippen LogP contribution in [0.5, 0.6) is 0 Å². The van der Waals surface area contributed by atoms with Gasteiger partial charge in [0.25, 0.3) is 0 Å². The highest BCUT2D eigenvalue weighted by Gasteiger charge is 2.05. The molecule has 0 aliphatic rings. The van der Waals surface area contributed by atoms with Crippen molar-refractivity contribution in [3.8, 4) is 0 Å². The molecule has 1 heteroatoms. The molecular weight excluding hydrogens is 344 g/mol. The van der Waals surface area contributed by atoms with E-state index in [1.807, 2.05) is 0 Å². The molecule has 0 nitrogen and oxygen atoms in total. The van der Waals surface area contributed by atoms with E-state index in [1.54, 1.807) is 0 Å². The van der Waals surface area contributed by atoms with Crippen LogP contribution in [0.3, 0.4) is 0 Å². The highest BCUT2D eigenvalue weighted by molar-refractivity contribution is 7.80. The third-order valence-corrected chi connectivity index (χ3v) is 6.25. The number of unbranched alkanes of at least 4 members (excludes halogenated alkanes) is 16. The Balaban J connectivity index is 1.74. The molecule has 0 N–H and O–H groups in total. The summed E-state index contributed by atoms with van der Waals surface area (Å²) in [5, 5.41) is 0.308. The topological polar surface area (TPSA) is 0 Å². The SMILES string of the molecule is CCCCCCCCCCCCCCCCCCCC([S])c1ccccc1. The molecule has 0 amide bonds. The molecule has 0 aliphatic heterocycles. The van der Waals surface area contributed by atoms with Crippen molar-refractivity contribution in [2.24, 2.45) is 0 Å². The Morgan fingerprint density at radius 2 is 0.926 bits per heavy atom. The zero-order valence-corrected chi connectivity index (χ0v) is 18.9. The van der Waals surface area contributed by atoms with Gasteiger partial charge in [-0.05, 0) is 12.0 Å². The molecule has 0 heterocycles. The van der Waals surface area contributed by atoms with Gasteiger partial charge in [-0.3, -0.25) is 0 Å². The van der Waals surface area contributed by atoms with E-state index in [2.05, 4.69) is 37.3 Å². The largest absolute Gasteiger partial charge is 0.0853 e. The highest BCUT2D eigenvalue weighted by atomic mass is 32.1. The highest BCUT2D eigenvalue weighted by Crippen LogP contribution is 2.26. The van der Waals surface area contributed by atoms with Crippen molar-refractivity contribution in [3.05, 3.63) is 35.9 Å². The molecule has 1 radical (unpaired) electrons. The van der Waals surface area contributed by atoms with Crippen molar-refractivity contribution >= 4 is 12.6 Å². The van der Waals surface area contributed by atoms with Gasteiger partial charge in [0.15, 0.2) is 0 Å². The average molecular weight is 390 g/mol. The van der Waals surface area contributed by atoms with E-state index < -0.39 is 0 Å². The lowest BCUT2D eigenvalue weighted by atomic mass is 10.0. The van der Waals surface area contributed by atoms with Crippen molar-refractivity contribution in [2.45, 2.75) is 128 Å². The van der Waals surface area contributed by atoms with Gasteiger partial charge >= 0.3 is 0 Å². The van der Waals surface area contributed by atoms with Gasteiger partial charge in [0.1, 0.15) is 0 Å². The molecule has 1 aromatic carbocycles. The van der Waals surface area contributed by atoms with E-state index in [0.717, 1.165) is 6.42 Å². The molecular formula is C26H45S. The molecule has 1 rings (SSSR count). The van der Waals surface area contributed by atoms with E-state index in [0.29, 0.717) is 5.25 Å². The Morgan fingerprint density at radius 3 is 1.33 bits per heavy atom. The minimum absolute atomic E-state index is 0.308. The molecule has 27 heavy (non-hydrogen) atoms. The molecule has 155 valence electrons. The number of benzene rings is 1. The minimum atomic E-state index is 0.308. The van der Waals surface area contributed by atoms with Crippen LogP contribution >= 0.6 is 12.6 Å².